The van der Waals surface area contributed by atoms with Gasteiger partial charge in [-0.25, -0.2) is 0 Å². The van der Waals surface area contributed by atoms with Crippen molar-refractivity contribution in [3.05, 3.63) is 59.3 Å². The van der Waals surface area contributed by atoms with Gasteiger partial charge in [-0.05, 0) is 93.5 Å². The number of ether oxygens (including phenoxy) is 2. The summed E-state index contributed by atoms with van der Waals surface area (Å²) >= 11 is 0. The monoisotopic (exact) mass is 485 g/mol. The van der Waals surface area contributed by atoms with Crippen molar-refractivity contribution < 1.29 is 14.3 Å². The minimum Gasteiger partial charge on any atom is -0.485 e. The van der Waals surface area contributed by atoms with Gasteiger partial charge in [0.05, 0.1) is 5.52 Å². The number of aryl methyl sites for hydroxylation is 2. The lowest BCUT2D eigenvalue weighted by Gasteiger charge is -2.42. The first-order valence-electron chi connectivity index (χ1n) is 13.2. The molecule has 3 aliphatic heterocycles. The molecule has 1 saturated heterocycles. The van der Waals surface area contributed by atoms with E-state index in [4.69, 9.17) is 9.47 Å². The summed E-state index contributed by atoms with van der Waals surface area (Å²) in [5, 5.41) is 1.01. The van der Waals surface area contributed by atoms with Crippen LogP contribution in [0.15, 0.2) is 42.5 Å². The molecule has 0 bridgehead atoms. The van der Waals surface area contributed by atoms with Crippen molar-refractivity contribution in [2.24, 2.45) is 5.92 Å². The largest absolute Gasteiger partial charge is 0.485 e. The van der Waals surface area contributed by atoms with Crippen molar-refractivity contribution in [2.45, 2.75) is 51.6 Å². The number of hydrogen-bond donors (Lipinski definition) is 0. The van der Waals surface area contributed by atoms with Crippen molar-refractivity contribution in [3.63, 3.8) is 0 Å². The normalized spacial score (nSPS) is 24.1. The van der Waals surface area contributed by atoms with E-state index in [1.54, 1.807) is 0 Å². The van der Waals surface area contributed by atoms with Crippen molar-refractivity contribution in [1.29, 1.82) is 0 Å². The van der Waals surface area contributed by atoms with Crippen molar-refractivity contribution in [3.8, 4) is 11.5 Å². The maximum atomic E-state index is 12.2. The van der Waals surface area contributed by atoms with E-state index in [-0.39, 0.29) is 5.91 Å². The lowest BCUT2D eigenvalue weighted by Crippen LogP contribution is -2.53. The maximum Gasteiger partial charge on any atom is 0.227 e. The summed E-state index contributed by atoms with van der Waals surface area (Å²) in [6, 6.07) is 14.8. The van der Waals surface area contributed by atoms with E-state index in [1.165, 1.54) is 24.0 Å². The highest BCUT2D eigenvalue weighted by atomic mass is 16.6. The van der Waals surface area contributed by atoms with E-state index in [0.29, 0.717) is 18.9 Å². The molecule has 0 aliphatic carbocycles. The Balaban J connectivity index is 1.15. The van der Waals surface area contributed by atoms with Crippen LogP contribution in [0.3, 0.4) is 0 Å². The predicted octanol–water partition coefficient (Wildman–Crippen LogP) is 4.94. The molecule has 1 aromatic heterocycles. The fourth-order valence-electron chi connectivity index (χ4n) is 6.13. The highest BCUT2D eigenvalue weighted by Crippen LogP contribution is 2.41. The van der Waals surface area contributed by atoms with Crippen LogP contribution in [0.4, 0.5) is 5.69 Å². The Morgan fingerprint density at radius 3 is 2.92 bits per heavy atom. The molecule has 0 saturated carbocycles. The third kappa shape index (κ3) is 4.43. The number of likely N-dealkylation sites (tertiary alicyclic amines) is 1. The molecule has 0 N–H and O–H groups in total. The van der Waals surface area contributed by atoms with E-state index < -0.39 is 5.60 Å². The number of carbonyl (C=O) groups excluding carboxylic acids is 1. The average molecular weight is 486 g/mol. The third-order valence-corrected chi connectivity index (χ3v) is 7.99. The van der Waals surface area contributed by atoms with E-state index >= 15 is 0 Å². The van der Waals surface area contributed by atoms with Gasteiger partial charge in [-0.2, -0.15) is 0 Å². The second-order valence-electron chi connectivity index (χ2n) is 11.1. The van der Waals surface area contributed by atoms with Crippen molar-refractivity contribution in [1.82, 2.24) is 9.88 Å². The zero-order valence-corrected chi connectivity index (χ0v) is 21.5. The van der Waals surface area contributed by atoms with Crippen LogP contribution in [0.25, 0.3) is 10.9 Å². The Labute approximate surface area is 213 Å². The van der Waals surface area contributed by atoms with Gasteiger partial charge < -0.3 is 14.4 Å². The molecule has 0 radical (unpaired) electrons. The first-order valence-corrected chi connectivity index (χ1v) is 13.2. The van der Waals surface area contributed by atoms with Crippen LogP contribution < -0.4 is 14.4 Å². The van der Waals surface area contributed by atoms with Crippen LogP contribution in [0.2, 0.25) is 0 Å². The fraction of sp³-hybridized carbons (Fsp3) is 0.467. The summed E-state index contributed by atoms with van der Waals surface area (Å²) in [5.74, 6) is 2.43. The summed E-state index contributed by atoms with van der Waals surface area (Å²) in [6.45, 7) is 7.68. The van der Waals surface area contributed by atoms with Crippen LogP contribution in [0, 0.1) is 12.8 Å². The molecule has 6 nitrogen and oxygen atoms in total. The van der Waals surface area contributed by atoms with Crippen LogP contribution in [0.1, 0.15) is 43.0 Å². The minimum atomic E-state index is -0.414. The van der Waals surface area contributed by atoms with Gasteiger partial charge in [-0.15, -0.1) is 0 Å². The average Bonchev–Trinajstić information content (AvgIpc) is 2.86. The molecule has 36 heavy (non-hydrogen) atoms. The summed E-state index contributed by atoms with van der Waals surface area (Å²) in [6.07, 6.45) is 4.92. The molecule has 3 aromatic rings. The van der Waals surface area contributed by atoms with Gasteiger partial charge in [0.2, 0.25) is 5.91 Å². The van der Waals surface area contributed by atoms with Gasteiger partial charge >= 0.3 is 0 Å². The van der Waals surface area contributed by atoms with Gasteiger partial charge in [-0.1, -0.05) is 12.1 Å². The smallest absolute Gasteiger partial charge is 0.227 e. The maximum absolute atomic E-state index is 12.2. The second-order valence-corrected chi connectivity index (χ2v) is 11.1. The molecule has 1 unspecified atom stereocenters. The fourth-order valence-corrected chi connectivity index (χ4v) is 6.13. The number of benzene rings is 2. The molecule has 0 spiro atoms. The number of nitrogens with zero attached hydrogens (tertiary/aromatic N) is 3. The highest BCUT2D eigenvalue weighted by molar-refractivity contribution is 5.96. The molecule has 3 aliphatic rings. The number of rotatable bonds is 4. The first kappa shape index (κ1) is 23.3. The Kier molecular flexibility index (Phi) is 5.87. The molecule has 6 rings (SSSR count). The molecule has 2 atom stereocenters. The van der Waals surface area contributed by atoms with Crippen LogP contribution >= 0.6 is 0 Å². The Morgan fingerprint density at radius 1 is 1.14 bits per heavy atom. The van der Waals surface area contributed by atoms with Crippen LogP contribution in [-0.4, -0.2) is 54.7 Å². The number of anilines is 1. The second kappa shape index (κ2) is 9.07. The first-order chi connectivity index (χ1) is 17.4. The van der Waals surface area contributed by atoms with Gasteiger partial charge in [0, 0.05) is 43.3 Å². The summed E-state index contributed by atoms with van der Waals surface area (Å²) in [7, 11) is 1.90. The number of aromatic nitrogens is 1. The van der Waals surface area contributed by atoms with E-state index in [1.807, 2.05) is 37.1 Å². The summed E-state index contributed by atoms with van der Waals surface area (Å²) in [4.78, 5) is 21.2. The standard InChI is InChI=1S/C30H35N3O3/c1-20-6-10-24-25(31-20)11-12-27-29(24)36-30(2,19-35-27)18-33-14-4-5-22(17-33)15-21-7-8-23-9-13-28(34)32(3)26(23)16-21/h6-8,10-12,16,22H,4-5,9,13-15,17-19H2,1-3H3/t22?,30-/m1/s1. The predicted molar refractivity (Wildman–Crippen MR) is 142 cm³/mol. The van der Waals surface area contributed by atoms with Gasteiger partial charge in [0.1, 0.15) is 6.61 Å². The molecule has 6 heteroatoms. The number of amides is 1. The van der Waals surface area contributed by atoms with Gasteiger partial charge in [0.25, 0.3) is 0 Å². The minimum absolute atomic E-state index is 0.215. The van der Waals surface area contributed by atoms with E-state index in [9.17, 15) is 4.79 Å². The quantitative estimate of drug-likeness (QED) is 0.524. The Bertz CT molecular complexity index is 1320. The summed E-state index contributed by atoms with van der Waals surface area (Å²) in [5.41, 5.74) is 5.23. The molecule has 188 valence electrons. The molecule has 2 aromatic carbocycles. The number of piperidine rings is 1. The molecule has 1 fully saturated rings. The van der Waals surface area contributed by atoms with E-state index in [0.717, 1.165) is 66.3 Å². The van der Waals surface area contributed by atoms with Crippen LogP contribution in [-0.2, 0) is 17.6 Å². The number of carbonyl (C=O) groups is 1. The van der Waals surface area contributed by atoms with Gasteiger partial charge in [0.15, 0.2) is 17.1 Å². The Morgan fingerprint density at radius 2 is 2.03 bits per heavy atom. The zero-order valence-electron chi connectivity index (χ0n) is 21.5. The lowest BCUT2D eigenvalue weighted by molar-refractivity contribution is -0.118. The van der Waals surface area contributed by atoms with Crippen molar-refractivity contribution in [2.75, 3.05) is 38.2 Å². The highest BCUT2D eigenvalue weighted by Gasteiger charge is 2.37. The topological polar surface area (TPSA) is 54.9 Å². The van der Waals surface area contributed by atoms with Crippen molar-refractivity contribution >= 4 is 22.5 Å². The molecule has 4 heterocycles. The third-order valence-electron chi connectivity index (χ3n) is 7.99. The number of pyridine rings is 1. The lowest BCUT2D eigenvalue weighted by atomic mass is 9.89. The molecular weight excluding hydrogens is 450 g/mol. The SMILES string of the molecule is Cc1ccc2c3c(ccc2n1)OC[C@@](C)(CN1CCCC(Cc2ccc4c(c2)N(C)C(=O)CC4)C1)O3. The Hall–Kier alpha value is -3.12. The number of hydrogen-bond acceptors (Lipinski definition) is 5. The van der Waals surface area contributed by atoms with E-state index in [2.05, 4.69) is 41.1 Å². The van der Waals surface area contributed by atoms with Gasteiger partial charge in [-0.3, -0.25) is 14.7 Å². The number of fused-ring (bicyclic) bond motifs is 4. The van der Waals surface area contributed by atoms with Crippen LogP contribution in [0.5, 0.6) is 11.5 Å². The molecule has 1 amide bonds. The molecular formula is C30H35N3O3. The summed E-state index contributed by atoms with van der Waals surface area (Å²) < 4.78 is 12.9. The zero-order chi connectivity index (χ0) is 24.9.